The number of halogens is 1. The molecule has 3 nitrogen and oxygen atoms in total. The highest BCUT2D eigenvalue weighted by Crippen LogP contribution is 2.37. The van der Waals surface area contributed by atoms with E-state index < -0.39 is 11.9 Å². The third-order valence-corrected chi connectivity index (χ3v) is 3.81. The zero-order valence-corrected chi connectivity index (χ0v) is 10.6. The summed E-state index contributed by atoms with van der Waals surface area (Å²) in [7, 11) is 0. The van der Waals surface area contributed by atoms with Crippen molar-refractivity contribution in [1.29, 1.82) is 0 Å². The van der Waals surface area contributed by atoms with Gasteiger partial charge in [0.1, 0.15) is 5.82 Å². The molecule has 0 saturated carbocycles. The molecule has 1 atom stereocenters. The van der Waals surface area contributed by atoms with Crippen LogP contribution in [0.5, 0.6) is 0 Å². The molecule has 0 aliphatic carbocycles. The van der Waals surface area contributed by atoms with Gasteiger partial charge in [-0.2, -0.15) is 0 Å². The van der Waals surface area contributed by atoms with Gasteiger partial charge in [0.2, 0.25) is 5.78 Å². The van der Waals surface area contributed by atoms with Gasteiger partial charge < -0.3 is 10.5 Å². The summed E-state index contributed by atoms with van der Waals surface area (Å²) in [6, 6.07) is 9.43. The molecule has 19 heavy (non-hydrogen) atoms. The molecule has 2 aromatic rings. The lowest BCUT2D eigenvalue weighted by Gasteiger charge is -2.06. The quantitative estimate of drug-likeness (QED) is 0.917. The molecule has 1 aliphatic heterocycles. The van der Waals surface area contributed by atoms with Gasteiger partial charge in [0.25, 0.3) is 0 Å². The van der Waals surface area contributed by atoms with Crippen molar-refractivity contribution in [3.05, 3.63) is 63.9 Å². The smallest absolute Gasteiger partial charge is 0.214 e. The molecule has 0 saturated heterocycles. The van der Waals surface area contributed by atoms with E-state index in [2.05, 4.69) is 0 Å². The normalized spacial score (nSPS) is 18.8. The van der Waals surface area contributed by atoms with Crippen LogP contribution in [0.2, 0.25) is 0 Å². The Morgan fingerprint density at radius 3 is 2.79 bits per heavy atom. The highest BCUT2D eigenvalue weighted by atomic mass is 32.1. The minimum Gasteiger partial charge on any atom is -0.461 e. The first-order valence-electron chi connectivity index (χ1n) is 5.67. The van der Waals surface area contributed by atoms with E-state index in [-0.39, 0.29) is 17.2 Å². The van der Waals surface area contributed by atoms with Crippen molar-refractivity contribution in [3.8, 4) is 0 Å². The molecular weight excluding hydrogens is 265 g/mol. The molecule has 0 spiro atoms. The second kappa shape index (κ2) is 4.51. The SMILES string of the molecule is NC1=C(c2cccc(F)c2)C(=O)C(c2cccs2)O1. The van der Waals surface area contributed by atoms with Gasteiger partial charge in [0.05, 0.1) is 10.5 Å². The lowest BCUT2D eigenvalue weighted by atomic mass is 10.00. The molecule has 0 amide bonds. The fraction of sp³-hybridized carbons (Fsp3) is 0.0714. The van der Waals surface area contributed by atoms with Crippen LogP contribution in [-0.4, -0.2) is 5.78 Å². The van der Waals surface area contributed by atoms with Crippen molar-refractivity contribution in [1.82, 2.24) is 0 Å². The molecule has 2 N–H and O–H groups in total. The van der Waals surface area contributed by atoms with Crippen LogP contribution in [0.15, 0.2) is 47.7 Å². The highest BCUT2D eigenvalue weighted by molar-refractivity contribution is 7.10. The summed E-state index contributed by atoms with van der Waals surface area (Å²) < 4.78 is 18.7. The van der Waals surface area contributed by atoms with Gasteiger partial charge in [0, 0.05) is 0 Å². The molecule has 1 unspecified atom stereocenters. The third-order valence-electron chi connectivity index (χ3n) is 2.89. The van der Waals surface area contributed by atoms with E-state index in [9.17, 15) is 9.18 Å². The zero-order valence-electron chi connectivity index (χ0n) is 9.80. The van der Waals surface area contributed by atoms with Crippen molar-refractivity contribution in [2.45, 2.75) is 6.10 Å². The summed E-state index contributed by atoms with van der Waals surface area (Å²) >= 11 is 1.42. The fourth-order valence-corrected chi connectivity index (χ4v) is 2.80. The van der Waals surface area contributed by atoms with Crippen LogP contribution < -0.4 is 5.73 Å². The van der Waals surface area contributed by atoms with Crippen LogP contribution in [-0.2, 0) is 9.53 Å². The number of ether oxygens (including phenoxy) is 1. The predicted molar refractivity (Wildman–Crippen MR) is 70.7 cm³/mol. The van der Waals surface area contributed by atoms with E-state index >= 15 is 0 Å². The van der Waals surface area contributed by atoms with E-state index in [0.29, 0.717) is 5.56 Å². The van der Waals surface area contributed by atoms with E-state index in [0.717, 1.165) is 4.88 Å². The van der Waals surface area contributed by atoms with Crippen molar-refractivity contribution < 1.29 is 13.9 Å². The Morgan fingerprint density at radius 1 is 1.26 bits per heavy atom. The summed E-state index contributed by atoms with van der Waals surface area (Å²) in [5.41, 5.74) is 6.46. The van der Waals surface area contributed by atoms with E-state index in [1.807, 2.05) is 17.5 Å². The van der Waals surface area contributed by atoms with Gasteiger partial charge in [-0.15, -0.1) is 11.3 Å². The van der Waals surface area contributed by atoms with E-state index in [1.54, 1.807) is 6.07 Å². The molecule has 1 aliphatic rings. The molecule has 1 aromatic carbocycles. The molecule has 96 valence electrons. The number of benzene rings is 1. The number of hydrogen-bond donors (Lipinski definition) is 1. The van der Waals surface area contributed by atoms with Crippen LogP contribution >= 0.6 is 11.3 Å². The van der Waals surface area contributed by atoms with Crippen LogP contribution in [0.4, 0.5) is 4.39 Å². The first-order chi connectivity index (χ1) is 9.16. The topological polar surface area (TPSA) is 52.3 Å². The third kappa shape index (κ3) is 2.02. The Morgan fingerprint density at radius 2 is 2.11 bits per heavy atom. The van der Waals surface area contributed by atoms with Crippen LogP contribution in [0.25, 0.3) is 5.57 Å². The molecule has 0 fully saturated rings. The van der Waals surface area contributed by atoms with Crippen molar-refractivity contribution in [2.24, 2.45) is 5.73 Å². The second-order valence-corrected chi connectivity index (χ2v) is 5.11. The van der Waals surface area contributed by atoms with Gasteiger partial charge in [0.15, 0.2) is 12.0 Å². The van der Waals surface area contributed by atoms with Gasteiger partial charge in [-0.1, -0.05) is 18.2 Å². The van der Waals surface area contributed by atoms with Crippen molar-refractivity contribution in [2.75, 3.05) is 0 Å². The average molecular weight is 275 g/mol. The Kier molecular flexibility index (Phi) is 2.83. The van der Waals surface area contributed by atoms with E-state index in [1.165, 1.54) is 29.5 Å². The summed E-state index contributed by atoms with van der Waals surface area (Å²) in [4.78, 5) is 13.1. The first-order valence-corrected chi connectivity index (χ1v) is 6.55. The maximum Gasteiger partial charge on any atom is 0.214 e. The number of carbonyl (C=O) groups is 1. The van der Waals surface area contributed by atoms with Gasteiger partial charge in [-0.25, -0.2) is 4.39 Å². The molecule has 2 heterocycles. The first kappa shape index (κ1) is 11.9. The summed E-state index contributed by atoms with van der Waals surface area (Å²) in [6.45, 7) is 0. The number of rotatable bonds is 2. The Hall–Kier alpha value is -2.14. The lowest BCUT2D eigenvalue weighted by Crippen LogP contribution is -2.08. The number of Topliss-reactive ketones (excluding diaryl/α,β-unsaturated/α-hetero) is 1. The van der Waals surface area contributed by atoms with Crippen LogP contribution in [0.1, 0.15) is 16.5 Å². The van der Waals surface area contributed by atoms with E-state index in [4.69, 9.17) is 10.5 Å². The summed E-state index contributed by atoms with van der Waals surface area (Å²) in [5.74, 6) is -0.593. The Balaban J connectivity index is 1.99. The molecule has 0 radical (unpaired) electrons. The Labute approximate surface area is 113 Å². The standard InChI is InChI=1S/C14H10FNO2S/c15-9-4-1-3-8(7-9)11-12(17)13(18-14(11)16)10-5-2-6-19-10/h1-7,13H,16H2. The number of nitrogens with two attached hydrogens (primary N) is 1. The number of hydrogen-bond acceptors (Lipinski definition) is 4. The predicted octanol–water partition coefficient (Wildman–Crippen LogP) is 2.86. The number of carbonyl (C=O) groups excluding carboxylic acids is 1. The largest absolute Gasteiger partial charge is 0.461 e. The fourth-order valence-electron chi connectivity index (χ4n) is 2.05. The van der Waals surface area contributed by atoms with Crippen molar-refractivity contribution in [3.63, 3.8) is 0 Å². The Bertz CT molecular complexity index is 664. The maximum absolute atomic E-state index is 13.2. The molecular formula is C14H10FNO2S. The maximum atomic E-state index is 13.2. The van der Waals surface area contributed by atoms with Gasteiger partial charge >= 0.3 is 0 Å². The minimum absolute atomic E-state index is 0.0500. The van der Waals surface area contributed by atoms with Crippen molar-refractivity contribution >= 4 is 22.7 Å². The van der Waals surface area contributed by atoms with Crippen LogP contribution in [0, 0.1) is 5.82 Å². The average Bonchev–Trinajstić information content (AvgIpc) is 2.97. The second-order valence-electron chi connectivity index (χ2n) is 4.13. The minimum atomic E-state index is -0.710. The highest BCUT2D eigenvalue weighted by Gasteiger charge is 2.36. The number of ketones is 1. The van der Waals surface area contributed by atoms with Crippen LogP contribution in [0.3, 0.4) is 0 Å². The molecule has 5 heteroatoms. The molecule has 0 bridgehead atoms. The summed E-state index contributed by atoms with van der Waals surface area (Å²) in [5, 5.41) is 1.86. The van der Waals surface area contributed by atoms with Gasteiger partial charge in [-0.05, 0) is 29.1 Å². The zero-order chi connectivity index (χ0) is 13.4. The monoisotopic (exact) mass is 275 g/mol. The molecule has 3 rings (SSSR count). The molecule has 1 aromatic heterocycles. The lowest BCUT2D eigenvalue weighted by molar-refractivity contribution is -0.120. The van der Waals surface area contributed by atoms with Gasteiger partial charge in [-0.3, -0.25) is 4.79 Å². The number of thiophene rings is 1. The summed E-state index contributed by atoms with van der Waals surface area (Å²) in [6.07, 6.45) is -0.710.